The van der Waals surface area contributed by atoms with E-state index >= 15 is 0 Å². The van der Waals surface area contributed by atoms with Crippen molar-refractivity contribution in [2.45, 2.75) is 31.9 Å². The lowest BCUT2D eigenvalue weighted by Gasteiger charge is -1.93. The number of hydrogen-bond acceptors (Lipinski definition) is 4. The van der Waals surface area contributed by atoms with E-state index in [-0.39, 0.29) is 0 Å². The van der Waals surface area contributed by atoms with Crippen molar-refractivity contribution < 1.29 is 4.42 Å². The van der Waals surface area contributed by atoms with Crippen LogP contribution in [0.15, 0.2) is 9.64 Å². The van der Waals surface area contributed by atoms with Crippen molar-refractivity contribution in [3.8, 4) is 0 Å². The standard InChI is InChI=1S/C7H12N2OS/c1-4-11-7-9-8-6(10-7)5(2)3/h5H,4H2,1-3H3. The maximum Gasteiger partial charge on any atom is 0.276 e. The second-order valence-electron chi connectivity index (χ2n) is 2.49. The highest BCUT2D eigenvalue weighted by Gasteiger charge is 2.08. The number of hydrogen-bond donors (Lipinski definition) is 0. The van der Waals surface area contributed by atoms with Gasteiger partial charge in [0.05, 0.1) is 0 Å². The fourth-order valence-corrected chi connectivity index (χ4v) is 1.13. The van der Waals surface area contributed by atoms with Gasteiger partial charge in [-0.2, -0.15) is 0 Å². The van der Waals surface area contributed by atoms with Crippen LogP contribution in [0.3, 0.4) is 0 Å². The van der Waals surface area contributed by atoms with Crippen molar-refractivity contribution in [1.29, 1.82) is 0 Å². The molecule has 0 spiro atoms. The lowest BCUT2D eigenvalue weighted by atomic mass is 10.2. The molecule has 1 aromatic heterocycles. The van der Waals surface area contributed by atoms with Crippen LogP contribution in [0.25, 0.3) is 0 Å². The molecule has 0 unspecified atom stereocenters. The Balaban J connectivity index is 2.66. The van der Waals surface area contributed by atoms with Crippen LogP contribution in [0.1, 0.15) is 32.6 Å². The monoisotopic (exact) mass is 172 g/mol. The summed E-state index contributed by atoms with van der Waals surface area (Å²) in [6, 6.07) is 0. The molecule has 0 atom stereocenters. The van der Waals surface area contributed by atoms with Gasteiger partial charge in [-0.05, 0) is 5.75 Å². The Morgan fingerprint density at radius 1 is 1.45 bits per heavy atom. The predicted octanol–water partition coefficient (Wildman–Crippen LogP) is 2.31. The highest BCUT2D eigenvalue weighted by atomic mass is 32.2. The van der Waals surface area contributed by atoms with E-state index in [1.165, 1.54) is 0 Å². The van der Waals surface area contributed by atoms with Crippen LogP contribution in [-0.2, 0) is 0 Å². The molecule has 1 aromatic rings. The first-order valence-electron chi connectivity index (χ1n) is 3.70. The zero-order chi connectivity index (χ0) is 8.27. The van der Waals surface area contributed by atoms with E-state index in [9.17, 15) is 0 Å². The zero-order valence-electron chi connectivity index (χ0n) is 7.00. The Kier molecular flexibility index (Phi) is 2.93. The normalized spacial score (nSPS) is 10.9. The van der Waals surface area contributed by atoms with E-state index in [0.29, 0.717) is 11.1 Å². The Morgan fingerprint density at radius 2 is 2.18 bits per heavy atom. The molecular formula is C7H12N2OS. The third-order valence-corrected chi connectivity index (χ3v) is 1.88. The van der Waals surface area contributed by atoms with Crippen molar-refractivity contribution >= 4 is 11.8 Å². The van der Waals surface area contributed by atoms with Gasteiger partial charge in [-0.15, -0.1) is 10.2 Å². The quantitative estimate of drug-likeness (QED) is 0.656. The molecule has 4 heteroatoms. The molecule has 0 saturated carbocycles. The van der Waals surface area contributed by atoms with Gasteiger partial charge in [0, 0.05) is 5.92 Å². The topological polar surface area (TPSA) is 38.9 Å². The first kappa shape index (κ1) is 8.59. The Bertz CT molecular complexity index is 222. The molecule has 0 fully saturated rings. The lowest BCUT2D eigenvalue weighted by Crippen LogP contribution is -1.85. The molecule has 0 aromatic carbocycles. The van der Waals surface area contributed by atoms with Crippen LogP contribution in [0.4, 0.5) is 0 Å². The first-order chi connectivity index (χ1) is 5.24. The molecule has 0 saturated heterocycles. The van der Waals surface area contributed by atoms with E-state index < -0.39 is 0 Å². The molecule has 1 rings (SSSR count). The van der Waals surface area contributed by atoms with E-state index in [1.54, 1.807) is 11.8 Å². The maximum atomic E-state index is 5.33. The Morgan fingerprint density at radius 3 is 2.64 bits per heavy atom. The predicted molar refractivity (Wildman–Crippen MR) is 44.8 cm³/mol. The van der Waals surface area contributed by atoms with Gasteiger partial charge in [0.2, 0.25) is 5.89 Å². The second-order valence-corrected chi connectivity index (χ2v) is 3.71. The summed E-state index contributed by atoms with van der Waals surface area (Å²) in [6.07, 6.45) is 0. The highest BCUT2D eigenvalue weighted by Crippen LogP contribution is 2.19. The van der Waals surface area contributed by atoms with Gasteiger partial charge in [0.1, 0.15) is 0 Å². The van der Waals surface area contributed by atoms with Gasteiger partial charge in [-0.1, -0.05) is 32.5 Å². The molecule has 0 amide bonds. The first-order valence-corrected chi connectivity index (χ1v) is 4.68. The Labute approximate surface area is 70.6 Å². The van der Waals surface area contributed by atoms with E-state index in [0.717, 1.165) is 11.6 Å². The van der Waals surface area contributed by atoms with Crippen LogP contribution in [-0.4, -0.2) is 16.0 Å². The average molecular weight is 172 g/mol. The second kappa shape index (κ2) is 3.76. The summed E-state index contributed by atoms with van der Waals surface area (Å²) in [6.45, 7) is 6.13. The van der Waals surface area contributed by atoms with Crippen LogP contribution in [0, 0.1) is 0 Å². The maximum absolute atomic E-state index is 5.33. The fraction of sp³-hybridized carbons (Fsp3) is 0.714. The number of aromatic nitrogens is 2. The van der Waals surface area contributed by atoms with E-state index in [1.807, 2.05) is 13.8 Å². The SMILES string of the molecule is CCSc1nnc(C(C)C)o1. The third kappa shape index (κ3) is 2.22. The molecule has 0 N–H and O–H groups in total. The third-order valence-electron chi connectivity index (χ3n) is 1.18. The van der Waals surface area contributed by atoms with Crippen LogP contribution >= 0.6 is 11.8 Å². The zero-order valence-corrected chi connectivity index (χ0v) is 7.81. The van der Waals surface area contributed by atoms with Crippen LogP contribution in [0.5, 0.6) is 0 Å². The summed E-state index contributed by atoms with van der Waals surface area (Å²) in [5.41, 5.74) is 0. The van der Waals surface area contributed by atoms with Crippen LogP contribution in [0.2, 0.25) is 0 Å². The minimum Gasteiger partial charge on any atom is -0.416 e. The number of nitrogens with zero attached hydrogens (tertiary/aromatic N) is 2. The summed E-state index contributed by atoms with van der Waals surface area (Å²) in [5, 5.41) is 8.45. The molecular weight excluding hydrogens is 160 g/mol. The summed E-state index contributed by atoms with van der Waals surface area (Å²) in [7, 11) is 0. The van der Waals surface area contributed by atoms with Gasteiger partial charge in [-0.25, -0.2) is 0 Å². The molecule has 3 nitrogen and oxygen atoms in total. The molecule has 62 valence electrons. The van der Waals surface area contributed by atoms with Crippen LogP contribution < -0.4 is 0 Å². The summed E-state index contributed by atoms with van der Waals surface area (Å²) < 4.78 is 5.33. The molecule has 0 bridgehead atoms. The van der Waals surface area contributed by atoms with Gasteiger partial charge >= 0.3 is 0 Å². The largest absolute Gasteiger partial charge is 0.416 e. The molecule has 0 aliphatic rings. The molecule has 1 heterocycles. The average Bonchev–Trinajstić information content (AvgIpc) is 2.37. The van der Waals surface area contributed by atoms with E-state index in [4.69, 9.17) is 4.42 Å². The van der Waals surface area contributed by atoms with Crippen molar-refractivity contribution in [1.82, 2.24) is 10.2 Å². The van der Waals surface area contributed by atoms with Crippen molar-refractivity contribution in [3.63, 3.8) is 0 Å². The highest BCUT2D eigenvalue weighted by molar-refractivity contribution is 7.99. The van der Waals surface area contributed by atoms with Crippen molar-refractivity contribution in [2.24, 2.45) is 0 Å². The van der Waals surface area contributed by atoms with Crippen molar-refractivity contribution in [2.75, 3.05) is 5.75 Å². The summed E-state index contributed by atoms with van der Waals surface area (Å²) in [4.78, 5) is 0. The fourth-order valence-electron chi connectivity index (χ4n) is 0.636. The van der Waals surface area contributed by atoms with Gasteiger partial charge < -0.3 is 4.42 Å². The van der Waals surface area contributed by atoms with Crippen molar-refractivity contribution in [3.05, 3.63) is 5.89 Å². The van der Waals surface area contributed by atoms with Gasteiger partial charge in [-0.3, -0.25) is 0 Å². The van der Waals surface area contributed by atoms with Gasteiger partial charge in [0.25, 0.3) is 5.22 Å². The number of rotatable bonds is 3. The minimum atomic E-state index is 0.328. The molecule has 0 aliphatic heterocycles. The van der Waals surface area contributed by atoms with E-state index in [2.05, 4.69) is 17.1 Å². The lowest BCUT2D eigenvalue weighted by molar-refractivity contribution is 0.398. The Hall–Kier alpha value is -0.510. The molecule has 11 heavy (non-hydrogen) atoms. The summed E-state index contributed by atoms with van der Waals surface area (Å²) in [5.74, 6) is 2.02. The smallest absolute Gasteiger partial charge is 0.276 e. The molecule has 0 aliphatic carbocycles. The molecule has 0 radical (unpaired) electrons. The minimum absolute atomic E-state index is 0.328. The van der Waals surface area contributed by atoms with Gasteiger partial charge in [0.15, 0.2) is 0 Å². The number of thioether (sulfide) groups is 1. The summed E-state index contributed by atoms with van der Waals surface area (Å²) >= 11 is 1.57.